The van der Waals surface area contributed by atoms with Gasteiger partial charge >= 0.3 is 6.03 Å². The summed E-state index contributed by atoms with van der Waals surface area (Å²) >= 11 is 0. The Bertz CT molecular complexity index is 743. The van der Waals surface area contributed by atoms with Crippen LogP contribution in [0.4, 0.5) is 4.79 Å². The van der Waals surface area contributed by atoms with E-state index in [4.69, 9.17) is 5.73 Å². The van der Waals surface area contributed by atoms with E-state index in [9.17, 15) is 9.59 Å². The van der Waals surface area contributed by atoms with Crippen molar-refractivity contribution in [3.8, 4) is 0 Å². The minimum atomic E-state index is -0.473. The molecule has 0 saturated carbocycles. The van der Waals surface area contributed by atoms with Crippen molar-refractivity contribution >= 4 is 11.9 Å². The fourth-order valence-electron chi connectivity index (χ4n) is 2.93. The van der Waals surface area contributed by atoms with Crippen LogP contribution in [0.25, 0.3) is 0 Å². The SMILES string of the molecule is NC(=O)c1cccc(CNC(=O)NC2CCc3ccccc32)c1. The lowest BCUT2D eigenvalue weighted by Crippen LogP contribution is -2.36. The molecule has 2 aromatic rings. The molecule has 23 heavy (non-hydrogen) atoms. The molecule has 0 saturated heterocycles. The van der Waals surface area contributed by atoms with Gasteiger partial charge < -0.3 is 16.4 Å². The Kier molecular flexibility index (Phi) is 4.28. The zero-order chi connectivity index (χ0) is 16.2. The predicted molar refractivity (Wildman–Crippen MR) is 87.8 cm³/mol. The van der Waals surface area contributed by atoms with Gasteiger partial charge in [-0.1, -0.05) is 36.4 Å². The molecule has 3 rings (SSSR count). The molecule has 0 spiro atoms. The third kappa shape index (κ3) is 3.51. The largest absolute Gasteiger partial charge is 0.366 e. The lowest BCUT2D eigenvalue weighted by atomic mass is 10.1. The summed E-state index contributed by atoms with van der Waals surface area (Å²) in [6, 6.07) is 15.0. The Balaban J connectivity index is 1.57. The van der Waals surface area contributed by atoms with Crippen molar-refractivity contribution in [3.05, 3.63) is 70.8 Å². The maximum Gasteiger partial charge on any atom is 0.315 e. The summed E-state index contributed by atoms with van der Waals surface area (Å²) in [7, 11) is 0. The molecule has 1 aliphatic carbocycles. The van der Waals surface area contributed by atoms with Crippen LogP contribution in [0.1, 0.15) is 39.5 Å². The number of benzene rings is 2. The van der Waals surface area contributed by atoms with Crippen molar-refractivity contribution in [2.75, 3.05) is 0 Å². The number of fused-ring (bicyclic) bond motifs is 1. The van der Waals surface area contributed by atoms with E-state index in [2.05, 4.69) is 22.8 Å². The van der Waals surface area contributed by atoms with Crippen molar-refractivity contribution in [1.29, 1.82) is 0 Å². The standard InChI is InChI=1S/C18H19N3O2/c19-17(22)14-6-3-4-12(10-14)11-20-18(23)21-16-9-8-13-5-1-2-7-15(13)16/h1-7,10,16H,8-9,11H2,(H2,19,22)(H2,20,21,23). The van der Waals surface area contributed by atoms with Crippen molar-refractivity contribution in [2.24, 2.45) is 5.73 Å². The second kappa shape index (κ2) is 6.52. The molecule has 1 aliphatic rings. The summed E-state index contributed by atoms with van der Waals surface area (Å²) in [6.45, 7) is 0.349. The van der Waals surface area contributed by atoms with Gasteiger partial charge in [0.1, 0.15) is 0 Å². The highest BCUT2D eigenvalue weighted by Crippen LogP contribution is 2.30. The lowest BCUT2D eigenvalue weighted by Gasteiger charge is -2.15. The molecule has 0 aliphatic heterocycles. The first-order valence-corrected chi connectivity index (χ1v) is 7.64. The Labute approximate surface area is 134 Å². The second-order valence-corrected chi connectivity index (χ2v) is 5.68. The molecule has 0 fully saturated rings. The minimum absolute atomic E-state index is 0.0585. The fourth-order valence-corrected chi connectivity index (χ4v) is 2.93. The highest BCUT2D eigenvalue weighted by Gasteiger charge is 2.23. The summed E-state index contributed by atoms with van der Waals surface area (Å²) in [5, 5.41) is 5.82. The summed E-state index contributed by atoms with van der Waals surface area (Å²) in [4.78, 5) is 23.2. The number of primary amides is 1. The molecule has 0 bridgehead atoms. The first-order chi connectivity index (χ1) is 11.1. The van der Waals surface area contributed by atoms with Gasteiger partial charge in [-0.15, -0.1) is 0 Å². The average molecular weight is 309 g/mol. The molecule has 0 aromatic heterocycles. The van der Waals surface area contributed by atoms with Crippen LogP contribution in [0.2, 0.25) is 0 Å². The fraction of sp³-hybridized carbons (Fsp3) is 0.222. The van der Waals surface area contributed by atoms with Crippen LogP contribution in [0, 0.1) is 0 Å². The van der Waals surface area contributed by atoms with Crippen LogP contribution in [-0.2, 0) is 13.0 Å². The maximum absolute atomic E-state index is 12.1. The van der Waals surface area contributed by atoms with Gasteiger partial charge in [-0.3, -0.25) is 4.79 Å². The van der Waals surface area contributed by atoms with Crippen LogP contribution in [0.15, 0.2) is 48.5 Å². The van der Waals surface area contributed by atoms with Crippen LogP contribution in [0.3, 0.4) is 0 Å². The minimum Gasteiger partial charge on any atom is -0.366 e. The number of aryl methyl sites for hydroxylation is 1. The third-order valence-corrected chi connectivity index (χ3v) is 4.10. The van der Waals surface area contributed by atoms with E-state index in [1.165, 1.54) is 11.1 Å². The molecule has 5 nitrogen and oxygen atoms in total. The van der Waals surface area contributed by atoms with Gasteiger partial charge in [0.2, 0.25) is 5.91 Å². The molecule has 5 heteroatoms. The number of nitrogens with two attached hydrogens (primary N) is 1. The maximum atomic E-state index is 12.1. The zero-order valence-electron chi connectivity index (χ0n) is 12.7. The van der Waals surface area contributed by atoms with E-state index in [0.29, 0.717) is 12.1 Å². The van der Waals surface area contributed by atoms with Gasteiger partial charge in [0.05, 0.1) is 6.04 Å². The third-order valence-electron chi connectivity index (χ3n) is 4.10. The van der Waals surface area contributed by atoms with Gasteiger partial charge in [0, 0.05) is 12.1 Å². The van der Waals surface area contributed by atoms with Crippen molar-refractivity contribution in [1.82, 2.24) is 10.6 Å². The monoisotopic (exact) mass is 309 g/mol. The average Bonchev–Trinajstić information content (AvgIpc) is 2.96. The number of hydrogen-bond acceptors (Lipinski definition) is 2. The number of nitrogens with one attached hydrogen (secondary N) is 2. The molecule has 1 atom stereocenters. The molecular formula is C18H19N3O2. The Morgan fingerprint density at radius 1 is 1.13 bits per heavy atom. The van der Waals surface area contributed by atoms with Gasteiger partial charge in [-0.2, -0.15) is 0 Å². The Hall–Kier alpha value is -2.82. The van der Waals surface area contributed by atoms with Crippen LogP contribution in [0.5, 0.6) is 0 Å². The van der Waals surface area contributed by atoms with Crippen molar-refractivity contribution < 1.29 is 9.59 Å². The van der Waals surface area contributed by atoms with Crippen LogP contribution >= 0.6 is 0 Å². The van der Waals surface area contributed by atoms with Crippen LogP contribution < -0.4 is 16.4 Å². The quantitative estimate of drug-likeness (QED) is 0.809. The number of carbonyl (C=O) groups is 2. The summed E-state index contributed by atoms with van der Waals surface area (Å²) in [6.07, 6.45) is 1.91. The molecule has 118 valence electrons. The highest BCUT2D eigenvalue weighted by molar-refractivity contribution is 5.92. The number of urea groups is 1. The molecule has 4 N–H and O–H groups in total. The molecule has 0 heterocycles. The van der Waals surface area contributed by atoms with E-state index in [1.807, 2.05) is 18.2 Å². The summed E-state index contributed by atoms with van der Waals surface area (Å²) in [5.41, 5.74) is 9.02. The van der Waals surface area contributed by atoms with E-state index in [-0.39, 0.29) is 12.1 Å². The first-order valence-electron chi connectivity index (χ1n) is 7.64. The number of rotatable bonds is 4. The van der Waals surface area contributed by atoms with Gasteiger partial charge in [0.25, 0.3) is 0 Å². The molecule has 1 unspecified atom stereocenters. The Morgan fingerprint density at radius 3 is 2.78 bits per heavy atom. The van der Waals surface area contributed by atoms with Gasteiger partial charge in [-0.05, 0) is 41.7 Å². The first kappa shape index (κ1) is 15.1. The number of hydrogen-bond donors (Lipinski definition) is 3. The Morgan fingerprint density at radius 2 is 1.96 bits per heavy atom. The van der Waals surface area contributed by atoms with Crippen LogP contribution in [-0.4, -0.2) is 11.9 Å². The number of amides is 3. The molecule has 2 aromatic carbocycles. The lowest BCUT2D eigenvalue weighted by molar-refractivity contribution is 0.1000. The van der Waals surface area contributed by atoms with E-state index >= 15 is 0 Å². The van der Waals surface area contributed by atoms with E-state index < -0.39 is 5.91 Å². The molecule has 3 amide bonds. The van der Waals surface area contributed by atoms with E-state index in [1.54, 1.807) is 18.2 Å². The highest BCUT2D eigenvalue weighted by atomic mass is 16.2. The normalized spacial score (nSPS) is 15.7. The number of carbonyl (C=O) groups excluding carboxylic acids is 2. The predicted octanol–water partition coefficient (Wildman–Crippen LogP) is 2.27. The smallest absolute Gasteiger partial charge is 0.315 e. The second-order valence-electron chi connectivity index (χ2n) is 5.68. The van der Waals surface area contributed by atoms with Crippen molar-refractivity contribution in [2.45, 2.75) is 25.4 Å². The van der Waals surface area contributed by atoms with Gasteiger partial charge in [-0.25, -0.2) is 4.79 Å². The van der Waals surface area contributed by atoms with Gasteiger partial charge in [0.15, 0.2) is 0 Å². The summed E-state index contributed by atoms with van der Waals surface area (Å²) < 4.78 is 0. The van der Waals surface area contributed by atoms with E-state index in [0.717, 1.165) is 18.4 Å². The topological polar surface area (TPSA) is 84.2 Å². The zero-order valence-corrected chi connectivity index (χ0v) is 12.7. The van der Waals surface area contributed by atoms with Crippen molar-refractivity contribution in [3.63, 3.8) is 0 Å². The molecular weight excluding hydrogens is 290 g/mol. The molecule has 0 radical (unpaired) electrons. The summed E-state index contributed by atoms with van der Waals surface area (Å²) in [5.74, 6) is -0.473.